The largest absolute Gasteiger partial charge is 0.405 e. The second-order valence-corrected chi connectivity index (χ2v) is 3.80. The smallest absolute Gasteiger partial charge is 0.389 e. The Morgan fingerprint density at radius 1 is 1.44 bits per heavy atom. The third kappa shape index (κ3) is 3.69. The maximum atomic E-state index is 12.0. The normalized spacial score (nSPS) is 11.2. The summed E-state index contributed by atoms with van der Waals surface area (Å²) in [5.74, 6) is 0. The zero-order chi connectivity index (χ0) is 12.3. The van der Waals surface area contributed by atoms with Crippen LogP contribution in [-0.2, 0) is 0 Å². The minimum atomic E-state index is -4.23. The molecule has 0 saturated carbocycles. The van der Waals surface area contributed by atoms with Crippen LogP contribution in [0.25, 0.3) is 0 Å². The van der Waals surface area contributed by atoms with Gasteiger partial charge in [0.25, 0.3) is 0 Å². The van der Waals surface area contributed by atoms with Gasteiger partial charge in [0.2, 0.25) is 0 Å². The van der Waals surface area contributed by atoms with Crippen LogP contribution in [0.4, 0.5) is 18.9 Å². The summed E-state index contributed by atoms with van der Waals surface area (Å²) in [4.78, 5) is 0.227. The number of alkyl halides is 3. The Kier molecular flexibility index (Phi) is 3.74. The number of anilines is 1. The minimum Gasteiger partial charge on any atom is -0.389 e. The molecule has 0 bridgehead atoms. The van der Waals surface area contributed by atoms with Gasteiger partial charge in [-0.05, 0) is 30.7 Å². The molecular formula is C10H11F3N2S. The van der Waals surface area contributed by atoms with Gasteiger partial charge in [-0.25, -0.2) is 0 Å². The first-order chi connectivity index (χ1) is 7.29. The van der Waals surface area contributed by atoms with Gasteiger partial charge in [-0.15, -0.1) is 0 Å². The van der Waals surface area contributed by atoms with Gasteiger partial charge in [-0.3, -0.25) is 0 Å². The summed E-state index contributed by atoms with van der Waals surface area (Å²) in [5, 5.41) is 2.31. The van der Waals surface area contributed by atoms with E-state index in [1.807, 2.05) is 0 Å². The van der Waals surface area contributed by atoms with Crippen molar-refractivity contribution in [1.29, 1.82) is 0 Å². The quantitative estimate of drug-likeness (QED) is 0.807. The molecule has 1 rings (SSSR count). The highest BCUT2D eigenvalue weighted by molar-refractivity contribution is 7.80. The van der Waals surface area contributed by atoms with Crippen LogP contribution in [0.2, 0.25) is 0 Å². The molecule has 3 N–H and O–H groups in total. The van der Waals surface area contributed by atoms with Crippen LogP contribution in [0.5, 0.6) is 0 Å². The summed E-state index contributed by atoms with van der Waals surface area (Å²) >= 11 is 4.77. The van der Waals surface area contributed by atoms with E-state index in [4.69, 9.17) is 18.0 Å². The van der Waals surface area contributed by atoms with Crippen LogP contribution in [-0.4, -0.2) is 17.7 Å². The molecule has 0 heterocycles. The van der Waals surface area contributed by atoms with Crippen LogP contribution < -0.4 is 11.1 Å². The molecule has 0 aromatic heterocycles. The molecule has 6 heteroatoms. The minimum absolute atomic E-state index is 0.227. The van der Waals surface area contributed by atoms with E-state index in [1.165, 1.54) is 6.07 Å². The number of aryl methyl sites for hydroxylation is 1. The molecule has 0 fully saturated rings. The summed E-state index contributed by atoms with van der Waals surface area (Å²) in [7, 11) is 0. The maximum absolute atomic E-state index is 12.0. The molecule has 0 spiro atoms. The number of nitrogens with two attached hydrogens (primary N) is 1. The number of hydrogen-bond acceptors (Lipinski definition) is 2. The lowest BCUT2D eigenvalue weighted by Gasteiger charge is -2.12. The van der Waals surface area contributed by atoms with Crippen LogP contribution in [0.1, 0.15) is 11.1 Å². The zero-order valence-corrected chi connectivity index (χ0v) is 9.38. The van der Waals surface area contributed by atoms with Crippen LogP contribution in [0.3, 0.4) is 0 Å². The Labute approximate surface area is 96.6 Å². The number of benzene rings is 1. The van der Waals surface area contributed by atoms with Gasteiger partial charge >= 0.3 is 6.18 Å². The summed E-state index contributed by atoms with van der Waals surface area (Å²) in [6.45, 7) is 0.640. The van der Waals surface area contributed by atoms with Crippen LogP contribution in [0.15, 0.2) is 18.2 Å². The first-order valence-electron chi connectivity index (χ1n) is 4.50. The summed E-state index contributed by atoms with van der Waals surface area (Å²) in [6, 6.07) is 4.78. The fourth-order valence-corrected chi connectivity index (χ4v) is 1.34. The zero-order valence-electron chi connectivity index (χ0n) is 8.56. The number of thiocarbonyl (C=S) groups is 1. The van der Waals surface area contributed by atoms with E-state index in [2.05, 4.69) is 5.32 Å². The van der Waals surface area contributed by atoms with Crippen LogP contribution >= 0.6 is 12.2 Å². The van der Waals surface area contributed by atoms with Crippen molar-refractivity contribution in [2.45, 2.75) is 13.1 Å². The van der Waals surface area contributed by atoms with Crippen LogP contribution in [0, 0.1) is 6.92 Å². The predicted molar refractivity (Wildman–Crippen MR) is 61.6 cm³/mol. The molecular weight excluding hydrogens is 237 g/mol. The number of hydrogen-bond donors (Lipinski definition) is 2. The Morgan fingerprint density at radius 3 is 2.50 bits per heavy atom. The highest BCUT2D eigenvalue weighted by Crippen LogP contribution is 2.20. The third-order valence-corrected chi connectivity index (χ3v) is 2.23. The Morgan fingerprint density at radius 2 is 2.06 bits per heavy atom. The van der Waals surface area contributed by atoms with Gasteiger partial charge in [-0.1, -0.05) is 12.2 Å². The predicted octanol–water partition coefficient (Wildman–Crippen LogP) is 2.60. The summed E-state index contributed by atoms with van der Waals surface area (Å²) < 4.78 is 35.9. The van der Waals surface area contributed by atoms with E-state index in [0.717, 1.165) is 0 Å². The number of rotatable bonds is 3. The fraction of sp³-hybridized carbons (Fsp3) is 0.300. The Hall–Kier alpha value is -1.30. The van der Waals surface area contributed by atoms with Crippen molar-refractivity contribution in [1.82, 2.24) is 0 Å². The van der Waals surface area contributed by atoms with Gasteiger partial charge in [0, 0.05) is 11.3 Å². The topological polar surface area (TPSA) is 38.0 Å². The van der Waals surface area contributed by atoms with Crippen molar-refractivity contribution >= 4 is 22.9 Å². The molecule has 0 aliphatic carbocycles. The second kappa shape index (κ2) is 4.69. The Bertz CT molecular complexity index is 402. The van der Waals surface area contributed by atoms with Gasteiger partial charge in [0.1, 0.15) is 11.5 Å². The van der Waals surface area contributed by atoms with Crippen molar-refractivity contribution in [3.63, 3.8) is 0 Å². The number of halogens is 3. The average molecular weight is 248 g/mol. The van der Waals surface area contributed by atoms with Gasteiger partial charge in [0.05, 0.1) is 0 Å². The Balaban J connectivity index is 2.80. The molecule has 88 valence electrons. The lowest BCUT2D eigenvalue weighted by atomic mass is 10.1. The molecule has 0 aliphatic heterocycles. The maximum Gasteiger partial charge on any atom is 0.405 e. The van der Waals surface area contributed by atoms with Gasteiger partial charge in [0.15, 0.2) is 0 Å². The SMILES string of the molecule is Cc1cc(C(N)=S)ccc1NCC(F)(F)F. The van der Waals surface area contributed by atoms with Crippen molar-refractivity contribution in [2.24, 2.45) is 5.73 Å². The van der Waals surface area contributed by atoms with E-state index >= 15 is 0 Å². The summed E-state index contributed by atoms with van der Waals surface area (Å²) in [6.07, 6.45) is -4.23. The monoisotopic (exact) mass is 248 g/mol. The first-order valence-corrected chi connectivity index (χ1v) is 4.91. The van der Waals surface area contributed by atoms with Crippen molar-refractivity contribution in [3.8, 4) is 0 Å². The molecule has 1 aromatic carbocycles. The molecule has 0 atom stereocenters. The van der Waals surface area contributed by atoms with E-state index < -0.39 is 12.7 Å². The van der Waals surface area contributed by atoms with E-state index in [9.17, 15) is 13.2 Å². The third-order valence-electron chi connectivity index (χ3n) is 1.99. The first kappa shape index (κ1) is 12.8. The molecule has 0 aliphatic rings. The number of nitrogens with one attached hydrogen (secondary N) is 1. The average Bonchev–Trinajstić information content (AvgIpc) is 2.14. The molecule has 16 heavy (non-hydrogen) atoms. The van der Waals surface area contributed by atoms with E-state index in [0.29, 0.717) is 16.8 Å². The highest BCUT2D eigenvalue weighted by Gasteiger charge is 2.26. The fourth-order valence-electron chi connectivity index (χ4n) is 1.21. The molecule has 0 saturated heterocycles. The van der Waals surface area contributed by atoms with E-state index in [-0.39, 0.29) is 4.99 Å². The second-order valence-electron chi connectivity index (χ2n) is 3.36. The van der Waals surface area contributed by atoms with Crippen molar-refractivity contribution in [2.75, 3.05) is 11.9 Å². The van der Waals surface area contributed by atoms with Crippen molar-refractivity contribution in [3.05, 3.63) is 29.3 Å². The molecule has 1 aromatic rings. The lowest BCUT2D eigenvalue weighted by molar-refractivity contribution is -0.115. The van der Waals surface area contributed by atoms with Gasteiger partial charge in [-0.2, -0.15) is 13.2 Å². The van der Waals surface area contributed by atoms with Crippen molar-refractivity contribution < 1.29 is 13.2 Å². The highest BCUT2D eigenvalue weighted by atomic mass is 32.1. The molecule has 2 nitrogen and oxygen atoms in total. The molecule has 0 radical (unpaired) electrons. The van der Waals surface area contributed by atoms with Gasteiger partial charge < -0.3 is 11.1 Å². The molecule has 0 amide bonds. The summed E-state index contributed by atoms with van der Waals surface area (Å²) in [5.41, 5.74) is 7.15. The lowest BCUT2D eigenvalue weighted by Crippen LogP contribution is -2.21. The van der Waals surface area contributed by atoms with E-state index in [1.54, 1.807) is 19.1 Å². The molecule has 0 unspecified atom stereocenters. The standard InChI is InChI=1S/C10H11F3N2S/c1-6-4-7(9(14)16)2-3-8(6)15-5-10(11,12)13/h2-4,15H,5H2,1H3,(H2,14,16).